The van der Waals surface area contributed by atoms with Crippen LogP contribution < -0.4 is 16.0 Å². The number of carbonyl (C=O) groups is 3. The van der Waals surface area contributed by atoms with Gasteiger partial charge in [0.1, 0.15) is 5.70 Å². The number of rotatable bonds is 10. The molecule has 12 heteroatoms. The van der Waals surface area contributed by atoms with Gasteiger partial charge in [0.15, 0.2) is 0 Å². The van der Waals surface area contributed by atoms with Crippen LogP contribution in [-0.2, 0) is 9.59 Å². The van der Waals surface area contributed by atoms with E-state index in [1.54, 1.807) is 78.9 Å². The maximum Gasteiger partial charge on any atom is 0.276 e. The molecule has 0 heterocycles. The zero-order chi connectivity index (χ0) is 30.1. The first kappa shape index (κ1) is 30.3. The predicted octanol–water partition coefficient (Wildman–Crippen LogP) is 7.04. The number of amides is 3. The Labute approximate surface area is 255 Å². The third-order valence-corrected chi connectivity index (χ3v) is 7.40. The number of carbonyl (C=O) groups excluding carboxylic acids is 3. The molecule has 0 saturated carbocycles. The molecule has 0 fully saturated rings. The van der Waals surface area contributed by atoms with Crippen LogP contribution in [0.15, 0.2) is 108 Å². The van der Waals surface area contributed by atoms with E-state index in [9.17, 15) is 24.5 Å². The summed E-state index contributed by atoms with van der Waals surface area (Å²) in [5.74, 6) is -1.35. The average Bonchev–Trinajstić information content (AvgIpc) is 2.99. The number of thioether (sulfide) groups is 1. The second kappa shape index (κ2) is 14.3. The molecule has 42 heavy (non-hydrogen) atoms. The Hall–Kier alpha value is -4.64. The van der Waals surface area contributed by atoms with Crippen molar-refractivity contribution in [3.63, 3.8) is 0 Å². The van der Waals surface area contributed by atoms with E-state index in [1.165, 1.54) is 36.0 Å². The van der Waals surface area contributed by atoms with E-state index in [-0.39, 0.29) is 28.6 Å². The maximum absolute atomic E-state index is 13.2. The van der Waals surface area contributed by atoms with Crippen LogP contribution >= 0.6 is 35.0 Å². The lowest BCUT2D eigenvalue weighted by molar-refractivity contribution is -0.385. The third kappa shape index (κ3) is 8.43. The molecular weight excluding hydrogens is 599 g/mol. The van der Waals surface area contributed by atoms with E-state index in [2.05, 4.69) is 16.0 Å². The Kier molecular flexibility index (Phi) is 10.3. The van der Waals surface area contributed by atoms with Gasteiger partial charge >= 0.3 is 0 Å². The van der Waals surface area contributed by atoms with Gasteiger partial charge < -0.3 is 16.0 Å². The topological polar surface area (TPSA) is 130 Å². The smallest absolute Gasteiger partial charge is 0.276 e. The van der Waals surface area contributed by atoms with Gasteiger partial charge in [-0.05, 0) is 66.7 Å². The van der Waals surface area contributed by atoms with Crippen LogP contribution in [0.5, 0.6) is 0 Å². The van der Waals surface area contributed by atoms with Crippen molar-refractivity contribution in [1.29, 1.82) is 0 Å². The Morgan fingerprint density at radius 2 is 1.48 bits per heavy atom. The molecule has 4 aromatic carbocycles. The molecule has 3 N–H and O–H groups in total. The van der Waals surface area contributed by atoms with Crippen molar-refractivity contribution >= 4 is 75.8 Å². The van der Waals surface area contributed by atoms with Crippen molar-refractivity contribution < 1.29 is 19.3 Å². The van der Waals surface area contributed by atoms with Gasteiger partial charge in [-0.1, -0.05) is 53.5 Å². The highest BCUT2D eigenvalue weighted by atomic mass is 35.5. The van der Waals surface area contributed by atoms with Crippen LogP contribution in [0.1, 0.15) is 15.9 Å². The van der Waals surface area contributed by atoms with Crippen LogP contribution in [0.3, 0.4) is 0 Å². The Bertz CT molecular complexity index is 1660. The van der Waals surface area contributed by atoms with Crippen molar-refractivity contribution in [2.45, 2.75) is 4.90 Å². The fourth-order valence-electron chi connectivity index (χ4n) is 3.63. The first-order valence-corrected chi connectivity index (χ1v) is 14.0. The number of nitrogens with one attached hydrogen (secondary N) is 3. The molecule has 3 amide bonds. The molecular formula is C30H22Cl2N4O5S. The fourth-order valence-corrected chi connectivity index (χ4v) is 4.62. The van der Waals surface area contributed by atoms with Gasteiger partial charge in [-0.15, -0.1) is 11.8 Å². The second-order valence-electron chi connectivity index (χ2n) is 8.64. The van der Waals surface area contributed by atoms with Crippen LogP contribution in [-0.4, -0.2) is 28.4 Å². The summed E-state index contributed by atoms with van der Waals surface area (Å²) in [4.78, 5) is 50.1. The Balaban J connectivity index is 1.44. The molecule has 0 aliphatic carbocycles. The standard InChI is InChI=1S/C30H22Cl2N4O5S/c31-24-15-12-22(17-25(24)32)33-28(37)18-42-23-13-10-21(11-14-23)34-30(39)26(35-29(38)19-6-2-1-3-7-19)16-20-8-4-5-9-27(20)36(40)41/h1-17H,18H2,(H,33,37)(H,34,39)(H,35,38)/b26-16-. The fraction of sp³-hybridized carbons (Fsp3) is 0.0333. The summed E-state index contributed by atoms with van der Waals surface area (Å²) in [5, 5.41) is 20.2. The molecule has 0 aliphatic heterocycles. The number of para-hydroxylation sites is 1. The lowest BCUT2D eigenvalue weighted by Gasteiger charge is -2.12. The highest BCUT2D eigenvalue weighted by Gasteiger charge is 2.18. The quantitative estimate of drug-likeness (QED) is 0.0754. The number of benzene rings is 4. The van der Waals surface area contributed by atoms with Gasteiger partial charge in [-0.2, -0.15) is 0 Å². The molecule has 0 spiro atoms. The number of halogens is 2. The molecule has 0 bridgehead atoms. The van der Waals surface area contributed by atoms with Gasteiger partial charge in [0, 0.05) is 27.9 Å². The average molecular weight is 622 g/mol. The Morgan fingerprint density at radius 1 is 0.810 bits per heavy atom. The molecule has 0 unspecified atom stereocenters. The summed E-state index contributed by atoms with van der Waals surface area (Å²) >= 11 is 13.2. The summed E-state index contributed by atoms with van der Waals surface area (Å²) in [6.45, 7) is 0. The molecule has 0 aromatic heterocycles. The number of hydrogen-bond acceptors (Lipinski definition) is 6. The number of hydrogen-bond donors (Lipinski definition) is 3. The summed E-state index contributed by atoms with van der Waals surface area (Å²) in [6.07, 6.45) is 1.25. The lowest BCUT2D eigenvalue weighted by atomic mass is 10.1. The van der Waals surface area contributed by atoms with Crippen molar-refractivity contribution in [2.75, 3.05) is 16.4 Å². The SMILES string of the molecule is O=C(CSc1ccc(NC(=O)/C(=C/c2ccccc2[N+](=O)[O-])NC(=O)c2ccccc2)cc1)Nc1ccc(Cl)c(Cl)c1. The van der Waals surface area contributed by atoms with E-state index < -0.39 is 16.7 Å². The van der Waals surface area contributed by atoms with Crippen molar-refractivity contribution in [3.8, 4) is 0 Å². The van der Waals surface area contributed by atoms with Crippen molar-refractivity contribution in [3.05, 3.63) is 134 Å². The van der Waals surface area contributed by atoms with E-state index >= 15 is 0 Å². The van der Waals surface area contributed by atoms with Crippen LogP contribution in [0.25, 0.3) is 6.08 Å². The molecule has 0 saturated heterocycles. The normalized spacial score (nSPS) is 11.0. The second-order valence-corrected chi connectivity index (χ2v) is 10.5. The first-order valence-electron chi connectivity index (χ1n) is 12.3. The first-order chi connectivity index (χ1) is 20.2. The highest BCUT2D eigenvalue weighted by molar-refractivity contribution is 8.00. The zero-order valence-electron chi connectivity index (χ0n) is 21.7. The molecule has 4 rings (SSSR count). The van der Waals surface area contributed by atoms with E-state index in [0.717, 1.165) is 4.90 Å². The minimum absolute atomic E-state index is 0.125. The lowest BCUT2D eigenvalue weighted by Crippen LogP contribution is -2.30. The molecule has 0 atom stereocenters. The van der Waals surface area contributed by atoms with Gasteiger partial charge in [-0.3, -0.25) is 24.5 Å². The summed E-state index contributed by atoms with van der Waals surface area (Å²) < 4.78 is 0. The van der Waals surface area contributed by atoms with Crippen LogP contribution in [0, 0.1) is 10.1 Å². The summed E-state index contributed by atoms with van der Waals surface area (Å²) in [6, 6.07) is 25.7. The largest absolute Gasteiger partial charge is 0.325 e. The number of nitro benzene ring substituents is 1. The van der Waals surface area contributed by atoms with Crippen LogP contribution in [0.4, 0.5) is 17.1 Å². The zero-order valence-corrected chi connectivity index (χ0v) is 24.0. The van der Waals surface area contributed by atoms with Crippen LogP contribution in [0.2, 0.25) is 10.0 Å². The van der Waals surface area contributed by atoms with Crippen molar-refractivity contribution in [2.24, 2.45) is 0 Å². The highest BCUT2D eigenvalue weighted by Crippen LogP contribution is 2.26. The van der Waals surface area contributed by atoms with E-state index in [0.29, 0.717) is 27.0 Å². The van der Waals surface area contributed by atoms with Gasteiger partial charge in [0.05, 0.1) is 26.3 Å². The Morgan fingerprint density at radius 3 is 2.17 bits per heavy atom. The van der Waals surface area contributed by atoms with Gasteiger partial charge in [0.2, 0.25) is 5.91 Å². The number of nitrogens with zero attached hydrogens (tertiary/aromatic N) is 1. The van der Waals surface area contributed by atoms with Gasteiger partial charge in [-0.25, -0.2) is 0 Å². The molecule has 212 valence electrons. The molecule has 0 radical (unpaired) electrons. The molecule has 0 aliphatic rings. The monoisotopic (exact) mass is 620 g/mol. The third-order valence-electron chi connectivity index (χ3n) is 5.65. The maximum atomic E-state index is 13.2. The number of nitro groups is 1. The van der Waals surface area contributed by atoms with E-state index in [4.69, 9.17) is 23.2 Å². The predicted molar refractivity (Wildman–Crippen MR) is 166 cm³/mol. The van der Waals surface area contributed by atoms with Crippen molar-refractivity contribution in [1.82, 2.24) is 5.32 Å². The minimum atomic E-state index is -0.682. The molecule has 4 aromatic rings. The van der Waals surface area contributed by atoms with Gasteiger partial charge in [0.25, 0.3) is 17.5 Å². The molecule has 9 nitrogen and oxygen atoms in total. The number of anilines is 2. The minimum Gasteiger partial charge on any atom is -0.325 e. The summed E-state index contributed by atoms with van der Waals surface area (Å²) in [5.41, 5.74) is 0.983. The summed E-state index contributed by atoms with van der Waals surface area (Å²) in [7, 11) is 0. The van der Waals surface area contributed by atoms with E-state index in [1.807, 2.05) is 0 Å².